The van der Waals surface area contributed by atoms with E-state index in [4.69, 9.17) is 14.9 Å². The van der Waals surface area contributed by atoms with E-state index < -0.39 is 0 Å². The van der Waals surface area contributed by atoms with E-state index in [-0.39, 0.29) is 18.2 Å². The minimum absolute atomic E-state index is 0.208. The molecule has 2 heterocycles. The molecule has 29 heavy (non-hydrogen) atoms. The maximum Gasteiger partial charge on any atom is 0.320 e. The zero-order chi connectivity index (χ0) is 20.6. The number of urea groups is 1. The summed E-state index contributed by atoms with van der Waals surface area (Å²) in [6, 6.07) is 10.7. The Morgan fingerprint density at radius 1 is 1.34 bits per heavy atom. The highest BCUT2D eigenvalue weighted by molar-refractivity contribution is 5.92. The summed E-state index contributed by atoms with van der Waals surface area (Å²) >= 11 is 0. The molecule has 154 valence electrons. The van der Waals surface area contributed by atoms with E-state index in [1.54, 1.807) is 13.2 Å². The normalized spacial score (nSPS) is 19.9. The van der Waals surface area contributed by atoms with Crippen LogP contribution in [0, 0.1) is 5.41 Å². The number of carbonyl (C=O) groups excluding carboxylic acids is 1. The number of methoxy groups -OCH3 is 1. The van der Waals surface area contributed by atoms with Crippen LogP contribution in [0.15, 0.2) is 36.4 Å². The van der Waals surface area contributed by atoms with Crippen LogP contribution in [-0.4, -0.2) is 50.2 Å². The van der Waals surface area contributed by atoms with E-state index in [0.717, 1.165) is 16.9 Å². The fraction of sp³-hybridized carbons (Fsp3) is 0.381. The van der Waals surface area contributed by atoms with Crippen molar-refractivity contribution in [2.45, 2.75) is 25.5 Å². The number of nitrogens with zero attached hydrogens (tertiary/aromatic N) is 1. The van der Waals surface area contributed by atoms with Gasteiger partial charge in [0.2, 0.25) is 0 Å². The van der Waals surface area contributed by atoms with E-state index in [0.29, 0.717) is 37.6 Å². The lowest BCUT2D eigenvalue weighted by molar-refractivity contribution is 0.00267. The van der Waals surface area contributed by atoms with E-state index in [2.05, 4.69) is 20.9 Å². The molecule has 0 spiro atoms. The van der Waals surface area contributed by atoms with Gasteiger partial charge in [-0.3, -0.25) is 5.32 Å². The summed E-state index contributed by atoms with van der Waals surface area (Å²) in [6.45, 7) is 3.36. The van der Waals surface area contributed by atoms with Gasteiger partial charge in [-0.1, -0.05) is 30.3 Å². The molecule has 8 nitrogen and oxygen atoms in total. The molecule has 3 rings (SSSR count). The molecule has 2 amide bonds. The van der Waals surface area contributed by atoms with Crippen LogP contribution < -0.4 is 16.0 Å². The average molecular weight is 397 g/mol. The minimum Gasteiger partial charge on any atom is -0.383 e. The fourth-order valence-electron chi connectivity index (χ4n) is 3.29. The summed E-state index contributed by atoms with van der Waals surface area (Å²) in [7, 11) is 1.64. The average Bonchev–Trinajstić information content (AvgIpc) is 2.73. The van der Waals surface area contributed by atoms with Crippen LogP contribution >= 0.6 is 0 Å². The number of nitrogens with one attached hydrogen (secondary N) is 4. The van der Waals surface area contributed by atoms with Crippen LogP contribution in [0.5, 0.6) is 0 Å². The highest BCUT2D eigenvalue weighted by Gasteiger charge is 2.21. The highest BCUT2D eigenvalue weighted by Crippen LogP contribution is 2.25. The van der Waals surface area contributed by atoms with Crippen LogP contribution in [0.4, 0.5) is 16.3 Å². The first-order chi connectivity index (χ1) is 14.1. The Morgan fingerprint density at radius 3 is 2.83 bits per heavy atom. The number of hydrogen-bond acceptors (Lipinski definition) is 6. The van der Waals surface area contributed by atoms with Crippen molar-refractivity contribution >= 4 is 23.8 Å². The van der Waals surface area contributed by atoms with Crippen LogP contribution in [0.2, 0.25) is 0 Å². The lowest BCUT2D eigenvalue weighted by Gasteiger charge is -2.24. The number of ether oxygens (including phenoxy) is 2. The summed E-state index contributed by atoms with van der Waals surface area (Å²) in [5.74, 6) is 0.390. The van der Waals surface area contributed by atoms with Crippen molar-refractivity contribution in [3.63, 3.8) is 0 Å². The molecule has 1 aliphatic heterocycles. The van der Waals surface area contributed by atoms with E-state index >= 15 is 0 Å². The number of benzene rings is 1. The van der Waals surface area contributed by atoms with Gasteiger partial charge < -0.3 is 25.5 Å². The standard InChI is InChI=1S/C21H27N5O3/c1-3-23-20-15(11-22)9-19-24-17(20)10-16(28-2)12-29-13-18(25-21(27)26-19)14-7-5-4-6-8-14/h4-9,11,16,18,22-23H,3,10,12-13H2,1-2H3,(H2,24,25,26,27). The molecular formula is C21H27N5O3. The van der Waals surface area contributed by atoms with E-state index in [1.807, 2.05) is 37.3 Å². The molecular weight excluding hydrogens is 370 g/mol. The topological polar surface area (TPSA) is 108 Å². The van der Waals surface area contributed by atoms with Gasteiger partial charge in [-0.05, 0) is 18.6 Å². The first-order valence-corrected chi connectivity index (χ1v) is 9.65. The summed E-state index contributed by atoms with van der Waals surface area (Å²) < 4.78 is 11.5. The number of aromatic nitrogens is 1. The van der Waals surface area contributed by atoms with Gasteiger partial charge in [0.05, 0.1) is 36.7 Å². The maximum absolute atomic E-state index is 12.6. The van der Waals surface area contributed by atoms with Crippen molar-refractivity contribution in [3.8, 4) is 0 Å². The zero-order valence-corrected chi connectivity index (χ0v) is 16.7. The van der Waals surface area contributed by atoms with Gasteiger partial charge in [-0.2, -0.15) is 0 Å². The SMILES string of the molecule is CCNc1c(C=N)cc2nc1CC(OC)COCC(c1ccccc1)NC(=O)N2. The molecule has 8 heteroatoms. The Kier molecular flexibility index (Phi) is 7.15. The summed E-state index contributed by atoms with van der Waals surface area (Å²) in [5.41, 5.74) is 3.10. The van der Waals surface area contributed by atoms with Crippen molar-refractivity contribution in [1.82, 2.24) is 10.3 Å². The van der Waals surface area contributed by atoms with Crippen molar-refractivity contribution in [2.75, 3.05) is 37.5 Å². The second-order valence-electron chi connectivity index (χ2n) is 6.75. The third-order valence-corrected chi connectivity index (χ3v) is 4.73. The number of pyridine rings is 1. The molecule has 1 aliphatic rings. The third-order valence-electron chi connectivity index (χ3n) is 4.73. The van der Waals surface area contributed by atoms with Gasteiger partial charge in [-0.15, -0.1) is 0 Å². The molecule has 1 aromatic heterocycles. The summed E-state index contributed by atoms with van der Waals surface area (Å²) in [4.78, 5) is 17.2. The maximum atomic E-state index is 12.6. The number of rotatable bonds is 5. The molecule has 2 aromatic rings. The number of hydrogen-bond donors (Lipinski definition) is 4. The monoisotopic (exact) mass is 397 g/mol. The second-order valence-corrected chi connectivity index (χ2v) is 6.75. The van der Waals surface area contributed by atoms with E-state index in [1.165, 1.54) is 6.21 Å². The van der Waals surface area contributed by atoms with Crippen molar-refractivity contribution < 1.29 is 14.3 Å². The highest BCUT2D eigenvalue weighted by atomic mass is 16.5. The van der Waals surface area contributed by atoms with Crippen LogP contribution in [0.25, 0.3) is 0 Å². The molecule has 2 atom stereocenters. The molecule has 4 N–H and O–H groups in total. The van der Waals surface area contributed by atoms with Crippen LogP contribution in [-0.2, 0) is 15.9 Å². The molecule has 0 saturated heterocycles. The van der Waals surface area contributed by atoms with Gasteiger partial charge in [0, 0.05) is 31.9 Å². The molecule has 2 unspecified atom stereocenters. The van der Waals surface area contributed by atoms with Gasteiger partial charge in [0.15, 0.2) is 0 Å². The number of fused-ring (bicyclic) bond motifs is 2. The molecule has 0 radical (unpaired) electrons. The zero-order valence-electron chi connectivity index (χ0n) is 16.7. The number of carbonyl (C=O) groups is 1. The quantitative estimate of drug-likeness (QED) is 0.580. The Hall–Kier alpha value is -2.97. The minimum atomic E-state index is -0.378. The number of anilines is 2. The second kappa shape index (κ2) is 9.99. The van der Waals surface area contributed by atoms with Crippen LogP contribution in [0.1, 0.15) is 29.8 Å². The summed E-state index contributed by atoms with van der Waals surface area (Å²) in [5, 5.41) is 16.8. The largest absolute Gasteiger partial charge is 0.383 e. The van der Waals surface area contributed by atoms with Gasteiger partial charge in [0.25, 0.3) is 0 Å². The Labute approximate surface area is 170 Å². The molecule has 0 fully saturated rings. The third kappa shape index (κ3) is 5.30. The van der Waals surface area contributed by atoms with Crippen LogP contribution in [0.3, 0.4) is 0 Å². The molecule has 2 bridgehead atoms. The molecule has 1 aromatic carbocycles. The molecule has 0 aliphatic carbocycles. The Morgan fingerprint density at radius 2 is 2.14 bits per heavy atom. The van der Waals surface area contributed by atoms with Gasteiger partial charge in [0.1, 0.15) is 5.82 Å². The predicted octanol–water partition coefficient (Wildman–Crippen LogP) is 2.96. The lowest BCUT2D eigenvalue weighted by atomic mass is 10.1. The number of amides is 2. The summed E-state index contributed by atoms with van der Waals surface area (Å²) in [6.07, 6.45) is 1.54. The van der Waals surface area contributed by atoms with Crippen molar-refractivity contribution in [3.05, 3.63) is 53.2 Å². The van der Waals surface area contributed by atoms with Crippen molar-refractivity contribution in [2.24, 2.45) is 0 Å². The molecule has 0 saturated carbocycles. The lowest BCUT2D eigenvalue weighted by Crippen LogP contribution is -2.36. The van der Waals surface area contributed by atoms with Gasteiger partial charge >= 0.3 is 6.03 Å². The van der Waals surface area contributed by atoms with Gasteiger partial charge in [-0.25, -0.2) is 9.78 Å². The Balaban J connectivity index is 1.95. The fourth-order valence-corrected chi connectivity index (χ4v) is 3.29. The smallest absolute Gasteiger partial charge is 0.320 e. The predicted molar refractivity (Wildman–Crippen MR) is 113 cm³/mol. The van der Waals surface area contributed by atoms with E-state index in [9.17, 15) is 4.79 Å². The Bertz CT molecular complexity index is 844. The first kappa shape index (κ1) is 20.8. The first-order valence-electron chi connectivity index (χ1n) is 9.65. The van der Waals surface area contributed by atoms with Crippen molar-refractivity contribution in [1.29, 1.82) is 5.41 Å².